The molecule has 0 unspecified atom stereocenters. The number of hydrogen-bond acceptors (Lipinski definition) is 8. The summed E-state index contributed by atoms with van der Waals surface area (Å²) in [6, 6.07) is 4.92. The number of nitro benzene ring substituents is 1. The summed E-state index contributed by atoms with van der Waals surface area (Å²) in [7, 11) is -4.08. The van der Waals surface area contributed by atoms with Gasteiger partial charge in [-0.1, -0.05) is 5.16 Å². The van der Waals surface area contributed by atoms with Crippen molar-refractivity contribution in [3.63, 3.8) is 0 Å². The number of nitrogen functional groups attached to an aromatic ring is 1. The zero-order valence-electron chi connectivity index (χ0n) is 10.5. The molecule has 0 bridgehead atoms. The lowest BCUT2D eigenvalue weighted by molar-refractivity contribution is -0.387. The molecular weight excluding hydrogens is 302 g/mol. The van der Waals surface area contributed by atoms with Crippen LogP contribution in [-0.4, -0.2) is 18.5 Å². The van der Waals surface area contributed by atoms with Gasteiger partial charge in [0.25, 0.3) is 5.69 Å². The van der Waals surface area contributed by atoms with Crippen LogP contribution in [0.5, 0.6) is 0 Å². The number of hydrogen-bond donors (Lipinski definition) is 3. The van der Waals surface area contributed by atoms with Crippen molar-refractivity contribution in [1.29, 1.82) is 0 Å². The first kappa shape index (κ1) is 14.9. The third-order valence-electron chi connectivity index (χ3n) is 2.55. The van der Waals surface area contributed by atoms with Crippen LogP contribution < -0.4 is 16.0 Å². The van der Waals surface area contributed by atoms with Gasteiger partial charge in [0.05, 0.1) is 22.8 Å². The van der Waals surface area contributed by atoms with Gasteiger partial charge in [0, 0.05) is 12.1 Å². The average molecular weight is 313 g/mol. The number of benzene rings is 1. The monoisotopic (exact) mass is 313 g/mol. The molecule has 4 N–H and O–H groups in total. The third kappa shape index (κ3) is 3.34. The lowest BCUT2D eigenvalue weighted by atomic mass is 10.3. The molecule has 0 aliphatic rings. The van der Waals surface area contributed by atoms with Crippen LogP contribution in [0.4, 0.5) is 11.4 Å². The van der Waals surface area contributed by atoms with Crippen LogP contribution in [0.1, 0.15) is 5.69 Å². The highest BCUT2D eigenvalue weighted by Crippen LogP contribution is 2.26. The van der Waals surface area contributed by atoms with E-state index in [-0.39, 0.29) is 12.2 Å². The minimum atomic E-state index is -4.08. The average Bonchev–Trinajstić information content (AvgIpc) is 2.98. The first-order chi connectivity index (χ1) is 9.94. The number of sulfonamides is 1. The Morgan fingerprint density at radius 3 is 2.71 bits per heavy atom. The minimum Gasteiger partial charge on any atom is -0.364 e. The topological polar surface area (TPSA) is 153 Å². The first-order valence-electron chi connectivity index (χ1n) is 5.58. The van der Waals surface area contributed by atoms with E-state index in [4.69, 9.17) is 5.84 Å². The number of nitrogens with two attached hydrogens (primary N) is 1. The third-order valence-corrected chi connectivity index (χ3v) is 3.99. The van der Waals surface area contributed by atoms with Crippen molar-refractivity contribution in [3.8, 4) is 0 Å². The van der Waals surface area contributed by atoms with Crippen LogP contribution in [0.2, 0.25) is 0 Å². The van der Waals surface area contributed by atoms with Crippen LogP contribution in [0.3, 0.4) is 0 Å². The molecule has 1 aromatic heterocycles. The summed E-state index contributed by atoms with van der Waals surface area (Å²) in [6.45, 7) is -0.146. The van der Waals surface area contributed by atoms with Crippen LogP contribution >= 0.6 is 0 Å². The van der Waals surface area contributed by atoms with Gasteiger partial charge in [-0.05, 0) is 12.1 Å². The molecule has 1 aromatic carbocycles. The Morgan fingerprint density at radius 1 is 1.38 bits per heavy atom. The Balaban J connectivity index is 2.32. The molecule has 0 aliphatic heterocycles. The maximum absolute atomic E-state index is 12.1. The summed E-state index contributed by atoms with van der Waals surface area (Å²) in [5.41, 5.74) is 2.20. The van der Waals surface area contributed by atoms with Crippen LogP contribution in [0.25, 0.3) is 0 Å². The number of nitrogens with zero attached hydrogens (tertiary/aromatic N) is 2. The lowest BCUT2D eigenvalue weighted by Crippen LogP contribution is -2.24. The van der Waals surface area contributed by atoms with E-state index >= 15 is 0 Å². The first-order valence-corrected chi connectivity index (χ1v) is 7.06. The quantitative estimate of drug-likeness (QED) is 0.392. The molecule has 0 fully saturated rings. The standard InChI is InChI=1S/C10H11N5O5S/c11-13-7-1-2-10(9(5-7)15(16)17)21(18,19)12-6-8-3-4-20-14-8/h1-5,12-13H,6,11H2. The van der Waals surface area contributed by atoms with E-state index in [0.717, 1.165) is 12.1 Å². The zero-order chi connectivity index (χ0) is 15.5. The summed E-state index contributed by atoms with van der Waals surface area (Å²) in [4.78, 5) is 9.72. The Hall–Kier alpha value is -2.50. The van der Waals surface area contributed by atoms with Crippen molar-refractivity contribution in [2.75, 3.05) is 5.43 Å². The van der Waals surface area contributed by atoms with E-state index in [9.17, 15) is 18.5 Å². The molecular formula is C10H11N5O5S. The highest BCUT2D eigenvalue weighted by molar-refractivity contribution is 7.89. The summed E-state index contributed by atoms with van der Waals surface area (Å²) in [5.74, 6) is 5.14. The van der Waals surface area contributed by atoms with Crippen molar-refractivity contribution in [3.05, 3.63) is 46.3 Å². The van der Waals surface area contributed by atoms with E-state index in [1.54, 1.807) is 0 Å². The van der Waals surface area contributed by atoms with Gasteiger partial charge in [0.15, 0.2) is 4.90 Å². The normalized spacial score (nSPS) is 11.3. The van der Waals surface area contributed by atoms with Crippen LogP contribution in [-0.2, 0) is 16.6 Å². The fourth-order valence-electron chi connectivity index (χ4n) is 1.55. The largest absolute Gasteiger partial charge is 0.364 e. The molecule has 0 spiro atoms. The minimum absolute atomic E-state index is 0.146. The summed E-state index contributed by atoms with van der Waals surface area (Å²) < 4.78 is 31.0. The fourth-order valence-corrected chi connectivity index (χ4v) is 2.70. The molecule has 0 amide bonds. The van der Waals surface area contributed by atoms with E-state index in [1.165, 1.54) is 18.4 Å². The van der Waals surface area contributed by atoms with Gasteiger partial charge in [-0.3, -0.25) is 16.0 Å². The molecule has 0 aliphatic carbocycles. The SMILES string of the molecule is NNc1ccc(S(=O)(=O)NCc2ccon2)c([N+](=O)[O-])c1. The molecule has 2 aromatic rings. The maximum Gasteiger partial charge on any atom is 0.291 e. The summed E-state index contributed by atoms with van der Waals surface area (Å²) >= 11 is 0. The van der Waals surface area contributed by atoms with Crippen molar-refractivity contribution in [1.82, 2.24) is 9.88 Å². The van der Waals surface area contributed by atoms with Gasteiger partial charge >= 0.3 is 0 Å². The second-order valence-corrected chi connectivity index (χ2v) is 5.63. The second kappa shape index (κ2) is 5.87. The van der Waals surface area contributed by atoms with Gasteiger partial charge in [0.1, 0.15) is 6.26 Å². The molecule has 0 saturated heterocycles. The van der Waals surface area contributed by atoms with Gasteiger partial charge in [-0.2, -0.15) is 0 Å². The Bertz CT molecular complexity index is 743. The van der Waals surface area contributed by atoms with Gasteiger partial charge in [-0.15, -0.1) is 0 Å². The fraction of sp³-hybridized carbons (Fsp3) is 0.100. The lowest BCUT2D eigenvalue weighted by Gasteiger charge is -2.07. The number of nitro groups is 1. The number of anilines is 1. The van der Waals surface area contributed by atoms with E-state index in [1.807, 2.05) is 0 Å². The molecule has 11 heteroatoms. The van der Waals surface area contributed by atoms with Crippen molar-refractivity contribution in [2.45, 2.75) is 11.4 Å². The zero-order valence-corrected chi connectivity index (χ0v) is 11.3. The maximum atomic E-state index is 12.1. The van der Waals surface area contributed by atoms with E-state index in [0.29, 0.717) is 5.69 Å². The predicted molar refractivity (Wildman–Crippen MR) is 71.4 cm³/mol. The van der Waals surface area contributed by atoms with Crippen molar-refractivity contribution >= 4 is 21.4 Å². The van der Waals surface area contributed by atoms with Crippen LogP contribution in [0.15, 0.2) is 39.9 Å². The molecule has 112 valence electrons. The molecule has 0 radical (unpaired) electrons. The Morgan fingerprint density at radius 2 is 2.14 bits per heavy atom. The van der Waals surface area contributed by atoms with Crippen molar-refractivity contribution < 1.29 is 17.9 Å². The number of aromatic nitrogens is 1. The Kier molecular flexibility index (Phi) is 4.16. The molecule has 0 saturated carbocycles. The van der Waals surface area contributed by atoms with E-state index in [2.05, 4.69) is 19.8 Å². The summed E-state index contributed by atoms with van der Waals surface area (Å²) in [6.07, 6.45) is 1.29. The van der Waals surface area contributed by atoms with Gasteiger partial charge in [0.2, 0.25) is 10.0 Å². The van der Waals surface area contributed by atoms with Gasteiger partial charge < -0.3 is 9.95 Å². The second-order valence-electron chi connectivity index (χ2n) is 3.90. The predicted octanol–water partition coefficient (Wildman–Crippen LogP) is 0.347. The van der Waals surface area contributed by atoms with Gasteiger partial charge in [-0.25, -0.2) is 13.1 Å². The molecule has 10 nitrogen and oxygen atoms in total. The number of nitrogens with one attached hydrogen (secondary N) is 2. The summed E-state index contributed by atoms with van der Waals surface area (Å²) in [5, 5.41) is 14.5. The highest BCUT2D eigenvalue weighted by Gasteiger charge is 2.26. The Labute approximate surface area is 119 Å². The molecule has 0 atom stereocenters. The van der Waals surface area contributed by atoms with Crippen molar-refractivity contribution in [2.24, 2.45) is 5.84 Å². The van der Waals surface area contributed by atoms with Crippen LogP contribution in [0, 0.1) is 10.1 Å². The molecule has 1 heterocycles. The number of hydrazine groups is 1. The smallest absolute Gasteiger partial charge is 0.291 e. The molecule has 2 rings (SSSR count). The van der Waals surface area contributed by atoms with E-state index < -0.39 is 25.5 Å². The number of rotatable bonds is 6. The molecule has 21 heavy (non-hydrogen) atoms. The highest BCUT2D eigenvalue weighted by atomic mass is 32.2.